The minimum atomic E-state index is -0.303. The van der Waals surface area contributed by atoms with E-state index in [-0.39, 0.29) is 12.0 Å². The lowest BCUT2D eigenvalue weighted by atomic mass is 10.1. The Kier molecular flexibility index (Phi) is 5.55. The maximum absolute atomic E-state index is 12.1. The molecule has 3 rings (SSSR count). The lowest BCUT2D eigenvalue weighted by Crippen LogP contribution is -2.35. The average Bonchev–Trinajstić information content (AvgIpc) is 3.17. The van der Waals surface area contributed by atoms with Crippen molar-refractivity contribution < 1.29 is 9.53 Å². The first-order valence-electron chi connectivity index (χ1n) is 8.48. The first-order valence-corrected chi connectivity index (χ1v) is 8.48. The van der Waals surface area contributed by atoms with E-state index in [0.717, 1.165) is 29.7 Å². The highest BCUT2D eigenvalue weighted by Gasteiger charge is 2.23. The highest BCUT2D eigenvalue weighted by Crippen LogP contribution is 2.23. The smallest absolute Gasteiger partial charge is 0.249 e. The van der Waals surface area contributed by atoms with E-state index < -0.39 is 0 Å². The molecular formula is C18H23N5O2. The fourth-order valence-electron chi connectivity index (χ4n) is 2.79. The summed E-state index contributed by atoms with van der Waals surface area (Å²) in [5.41, 5.74) is 2.87. The van der Waals surface area contributed by atoms with Gasteiger partial charge in [0.05, 0.1) is 5.69 Å². The van der Waals surface area contributed by atoms with E-state index in [2.05, 4.69) is 20.3 Å². The van der Waals surface area contributed by atoms with Crippen LogP contribution >= 0.6 is 0 Å². The molecule has 1 saturated heterocycles. The molecule has 0 spiro atoms. The topological polar surface area (TPSA) is 80.2 Å². The molecule has 1 N–H and O–H groups in total. The molecule has 3 heterocycles. The van der Waals surface area contributed by atoms with E-state index in [0.29, 0.717) is 25.5 Å². The van der Waals surface area contributed by atoms with Crippen LogP contribution in [0.25, 0.3) is 11.1 Å². The first-order chi connectivity index (χ1) is 12.1. The summed E-state index contributed by atoms with van der Waals surface area (Å²) in [5, 5.41) is 2.95. The van der Waals surface area contributed by atoms with E-state index in [4.69, 9.17) is 4.74 Å². The number of carbonyl (C=O) groups excluding carboxylic acids is 1. The van der Waals surface area contributed by atoms with Crippen molar-refractivity contribution in [2.24, 2.45) is 0 Å². The van der Waals surface area contributed by atoms with Crippen LogP contribution in [-0.4, -0.2) is 54.2 Å². The standard InChI is InChI=1S/C18H23N5O2/c1-23(2)18-21-12-14(13-5-8-19-9-6-13)15(22-18)7-10-20-17(24)16-4-3-11-25-16/h5-6,8-9,12,16H,3-4,7,10-11H2,1-2H3,(H,20,24)/t16-/m1/s1. The van der Waals surface area contributed by atoms with Crippen molar-refractivity contribution in [3.8, 4) is 11.1 Å². The number of nitrogens with zero attached hydrogens (tertiary/aromatic N) is 4. The van der Waals surface area contributed by atoms with Gasteiger partial charge in [0.25, 0.3) is 0 Å². The van der Waals surface area contributed by atoms with Crippen LogP contribution in [-0.2, 0) is 16.0 Å². The van der Waals surface area contributed by atoms with Crippen molar-refractivity contribution in [2.45, 2.75) is 25.4 Å². The number of ether oxygens (including phenoxy) is 1. The molecule has 1 aliphatic heterocycles. The van der Waals surface area contributed by atoms with Crippen molar-refractivity contribution >= 4 is 11.9 Å². The number of anilines is 1. The predicted octanol–water partition coefficient (Wildman–Crippen LogP) is 1.44. The van der Waals surface area contributed by atoms with Gasteiger partial charge in [-0.1, -0.05) is 0 Å². The molecule has 0 bridgehead atoms. The number of pyridine rings is 1. The van der Waals surface area contributed by atoms with Gasteiger partial charge in [-0.2, -0.15) is 0 Å². The van der Waals surface area contributed by atoms with Gasteiger partial charge in [0, 0.05) is 57.8 Å². The minimum absolute atomic E-state index is 0.0372. The van der Waals surface area contributed by atoms with Gasteiger partial charge in [-0.3, -0.25) is 9.78 Å². The highest BCUT2D eigenvalue weighted by molar-refractivity contribution is 5.81. The summed E-state index contributed by atoms with van der Waals surface area (Å²) in [6.45, 7) is 1.18. The SMILES string of the molecule is CN(C)c1ncc(-c2ccncc2)c(CCNC(=O)[C@H]2CCCO2)n1. The molecule has 7 nitrogen and oxygen atoms in total. The number of rotatable bonds is 6. The Balaban J connectivity index is 1.73. The summed E-state index contributed by atoms with van der Waals surface area (Å²) in [4.78, 5) is 27.1. The molecular weight excluding hydrogens is 318 g/mol. The second kappa shape index (κ2) is 8.02. The van der Waals surface area contributed by atoms with Crippen molar-refractivity contribution in [3.63, 3.8) is 0 Å². The molecule has 25 heavy (non-hydrogen) atoms. The maximum atomic E-state index is 12.1. The Morgan fingerprint density at radius 2 is 2.16 bits per heavy atom. The summed E-state index contributed by atoms with van der Waals surface area (Å²) in [6, 6.07) is 3.87. The van der Waals surface area contributed by atoms with Crippen LogP contribution in [0.5, 0.6) is 0 Å². The van der Waals surface area contributed by atoms with Gasteiger partial charge in [0.1, 0.15) is 6.10 Å². The molecule has 2 aromatic heterocycles. The van der Waals surface area contributed by atoms with Crippen LogP contribution in [0.2, 0.25) is 0 Å². The molecule has 7 heteroatoms. The zero-order valence-electron chi connectivity index (χ0n) is 14.6. The lowest BCUT2D eigenvalue weighted by Gasteiger charge is -2.15. The monoisotopic (exact) mass is 341 g/mol. The highest BCUT2D eigenvalue weighted by atomic mass is 16.5. The minimum Gasteiger partial charge on any atom is -0.368 e. The first kappa shape index (κ1) is 17.3. The fraction of sp³-hybridized carbons (Fsp3) is 0.444. The Morgan fingerprint density at radius 3 is 2.84 bits per heavy atom. The van der Waals surface area contributed by atoms with Gasteiger partial charge in [-0.25, -0.2) is 9.97 Å². The molecule has 1 fully saturated rings. The third-order valence-electron chi connectivity index (χ3n) is 4.13. The number of hydrogen-bond acceptors (Lipinski definition) is 6. The zero-order chi connectivity index (χ0) is 17.6. The number of carbonyl (C=O) groups is 1. The molecule has 0 aliphatic carbocycles. The van der Waals surface area contributed by atoms with Gasteiger partial charge in [0.2, 0.25) is 11.9 Å². The number of aromatic nitrogens is 3. The van der Waals surface area contributed by atoms with Crippen LogP contribution < -0.4 is 10.2 Å². The van der Waals surface area contributed by atoms with Gasteiger partial charge >= 0.3 is 0 Å². The Bertz CT molecular complexity index is 715. The quantitative estimate of drug-likeness (QED) is 0.856. The van der Waals surface area contributed by atoms with E-state index >= 15 is 0 Å². The van der Waals surface area contributed by atoms with Crippen LogP contribution in [0.3, 0.4) is 0 Å². The van der Waals surface area contributed by atoms with Gasteiger partial charge in [-0.05, 0) is 30.5 Å². The van der Waals surface area contributed by atoms with E-state index in [1.165, 1.54) is 0 Å². The average molecular weight is 341 g/mol. The summed E-state index contributed by atoms with van der Waals surface area (Å²) in [7, 11) is 3.81. The van der Waals surface area contributed by atoms with E-state index in [1.807, 2.05) is 37.3 Å². The fourth-order valence-corrected chi connectivity index (χ4v) is 2.79. The maximum Gasteiger partial charge on any atom is 0.249 e. The van der Waals surface area contributed by atoms with Crippen molar-refractivity contribution in [2.75, 3.05) is 32.1 Å². The van der Waals surface area contributed by atoms with E-state index in [9.17, 15) is 4.79 Å². The Labute approximate surface area is 147 Å². The Morgan fingerprint density at radius 1 is 1.36 bits per heavy atom. The second-order valence-electron chi connectivity index (χ2n) is 6.20. The molecule has 2 aromatic rings. The number of hydrogen-bond donors (Lipinski definition) is 1. The molecule has 0 radical (unpaired) electrons. The summed E-state index contributed by atoms with van der Waals surface area (Å²) in [6.07, 6.45) is 7.39. The zero-order valence-corrected chi connectivity index (χ0v) is 14.6. The molecule has 1 atom stereocenters. The molecule has 0 aromatic carbocycles. The molecule has 0 unspecified atom stereocenters. The van der Waals surface area contributed by atoms with Gasteiger partial charge in [-0.15, -0.1) is 0 Å². The Hall–Kier alpha value is -2.54. The van der Waals surface area contributed by atoms with Crippen molar-refractivity contribution in [1.82, 2.24) is 20.3 Å². The van der Waals surface area contributed by atoms with Gasteiger partial charge in [0.15, 0.2) is 0 Å². The normalized spacial score (nSPS) is 16.6. The third-order valence-corrected chi connectivity index (χ3v) is 4.13. The van der Waals surface area contributed by atoms with Crippen LogP contribution in [0.1, 0.15) is 18.5 Å². The van der Waals surface area contributed by atoms with Crippen LogP contribution in [0, 0.1) is 0 Å². The third kappa shape index (κ3) is 4.30. The van der Waals surface area contributed by atoms with Crippen molar-refractivity contribution in [1.29, 1.82) is 0 Å². The summed E-state index contributed by atoms with van der Waals surface area (Å²) in [5.74, 6) is 0.614. The van der Waals surface area contributed by atoms with Crippen molar-refractivity contribution in [3.05, 3.63) is 36.4 Å². The molecule has 132 valence electrons. The molecule has 0 saturated carbocycles. The number of amides is 1. The molecule has 1 amide bonds. The largest absolute Gasteiger partial charge is 0.368 e. The van der Waals surface area contributed by atoms with Crippen LogP contribution in [0.4, 0.5) is 5.95 Å². The van der Waals surface area contributed by atoms with E-state index in [1.54, 1.807) is 12.4 Å². The second-order valence-corrected chi connectivity index (χ2v) is 6.20. The summed E-state index contributed by atoms with van der Waals surface area (Å²) >= 11 is 0. The predicted molar refractivity (Wildman–Crippen MR) is 95.3 cm³/mol. The number of nitrogens with one attached hydrogen (secondary N) is 1. The molecule has 1 aliphatic rings. The lowest BCUT2D eigenvalue weighted by molar-refractivity contribution is -0.129. The van der Waals surface area contributed by atoms with Crippen LogP contribution in [0.15, 0.2) is 30.7 Å². The van der Waals surface area contributed by atoms with Gasteiger partial charge < -0.3 is 15.0 Å². The summed E-state index contributed by atoms with van der Waals surface area (Å²) < 4.78 is 5.41.